The molecule has 6 nitrogen and oxygen atoms in total. The molecule has 21 heavy (non-hydrogen) atoms. The first-order chi connectivity index (χ1) is 10.2. The van der Waals surface area contributed by atoms with Gasteiger partial charge in [0.05, 0.1) is 19.0 Å². The van der Waals surface area contributed by atoms with Crippen molar-refractivity contribution in [2.75, 3.05) is 19.7 Å². The van der Waals surface area contributed by atoms with Crippen LogP contribution in [0.4, 0.5) is 4.79 Å². The summed E-state index contributed by atoms with van der Waals surface area (Å²) < 4.78 is 2.08. The second-order valence-corrected chi connectivity index (χ2v) is 6.42. The first-order valence-corrected chi connectivity index (χ1v) is 7.84. The zero-order chi connectivity index (χ0) is 14.7. The van der Waals surface area contributed by atoms with Crippen molar-refractivity contribution in [1.29, 1.82) is 0 Å². The Hall–Kier alpha value is -1.56. The molecule has 6 heteroatoms. The van der Waals surface area contributed by atoms with Gasteiger partial charge in [0.1, 0.15) is 0 Å². The maximum Gasteiger partial charge on any atom is 0.317 e. The van der Waals surface area contributed by atoms with Gasteiger partial charge in [-0.25, -0.2) is 9.78 Å². The largest absolute Gasteiger partial charge is 0.394 e. The molecule has 2 N–H and O–H groups in total. The van der Waals surface area contributed by atoms with Crippen molar-refractivity contribution in [2.24, 2.45) is 5.41 Å². The summed E-state index contributed by atoms with van der Waals surface area (Å²) >= 11 is 0. The van der Waals surface area contributed by atoms with Crippen LogP contribution in [0.25, 0.3) is 0 Å². The zero-order valence-corrected chi connectivity index (χ0v) is 12.4. The maximum atomic E-state index is 12.3. The molecule has 0 aromatic carbocycles. The highest BCUT2D eigenvalue weighted by atomic mass is 16.3. The Bertz CT molecular complexity index is 470. The highest BCUT2D eigenvalue weighted by Gasteiger charge is 2.43. The summed E-state index contributed by atoms with van der Waals surface area (Å²) in [4.78, 5) is 18.2. The van der Waals surface area contributed by atoms with E-state index < -0.39 is 0 Å². The zero-order valence-electron chi connectivity index (χ0n) is 12.4. The lowest BCUT2D eigenvalue weighted by Crippen LogP contribution is -2.51. The van der Waals surface area contributed by atoms with Crippen LogP contribution in [-0.2, 0) is 6.54 Å². The number of hydrogen-bond donors (Lipinski definition) is 2. The summed E-state index contributed by atoms with van der Waals surface area (Å²) in [6.07, 6.45) is 10.9. The van der Waals surface area contributed by atoms with Gasteiger partial charge in [-0.2, -0.15) is 0 Å². The van der Waals surface area contributed by atoms with E-state index in [1.807, 2.05) is 12.5 Å². The second kappa shape index (κ2) is 6.05. The molecule has 0 spiro atoms. The van der Waals surface area contributed by atoms with Crippen LogP contribution in [0, 0.1) is 5.41 Å². The van der Waals surface area contributed by atoms with Crippen molar-refractivity contribution in [3.63, 3.8) is 0 Å². The number of amides is 2. The molecule has 116 valence electrons. The summed E-state index contributed by atoms with van der Waals surface area (Å²) in [5, 5.41) is 12.5. The average molecular weight is 292 g/mol. The van der Waals surface area contributed by atoms with Crippen LogP contribution >= 0.6 is 0 Å². The Kier molecular flexibility index (Phi) is 4.14. The van der Waals surface area contributed by atoms with Crippen LogP contribution in [-0.4, -0.2) is 51.3 Å². The molecule has 2 aliphatic rings. The third-order valence-corrected chi connectivity index (χ3v) is 4.75. The van der Waals surface area contributed by atoms with E-state index in [9.17, 15) is 9.90 Å². The maximum absolute atomic E-state index is 12.3. The molecule has 1 unspecified atom stereocenters. The summed E-state index contributed by atoms with van der Waals surface area (Å²) in [5.41, 5.74) is 0.195. The van der Waals surface area contributed by atoms with Crippen LogP contribution < -0.4 is 5.32 Å². The van der Waals surface area contributed by atoms with Crippen LogP contribution in [0.3, 0.4) is 0 Å². The first-order valence-electron chi connectivity index (χ1n) is 7.84. The fraction of sp³-hybridized carbons (Fsp3) is 0.733. The lowest BCUT2D eigenvalue weighted by Gasteiger charge is -2.35. The molecule has 0 bridgehead atoms. The van der Waals surface area contributed by atoms with Gasteiger partial charge in [-0.05, 0) is 32.1 Å². The number of aliphatic hydroxyl groups excluding tert-OH is 1. The van der Waals surface area contributed by atoms with E-state index in [1.54, 1.807) is 11.1 Å². The second-order valence-electron chi connectivity index (χ2n) is 6.42. The number of carbonyl (C=O) groups is 1. The highest BCUT2D eigenvalue weighted by molar-refractivity contribution is 5.74. The van der Waals surface area contributed by atoms with Crippen molar-refractivity contribution >= 4 is 6.03 Å². The predicted molar refractivity (Wildman–Crippen MR) is 78.7 cm³/mol. The smallest absolute Gasteiger partial charge is 0.317 e. The normalized spacial score (nSPS) is 23.9. The third-order valence-electron chi connectivity index (χ3n) is 4.75. The number of nitrogens with one attached hydrogen (secondary N) is 1. The summed E-state index contributed by atoms with van der Waals surface area (Å²) in [5.74, 6) is 0. The van der Waals surface area contributed by atoms with E-state index in [1.165, 1.54) is 0 Å². The SMILES string of the molecule is O=C(NCC1(Cn2ccnc2)CC1)N1CCCCC1CO. The van der Waals surface area contributed by atoms with Crippen LogP contribution in [0.15, 0.2) is 18.7 Å². The Morgan fingerprint density at radius 2 is 2.29 bits per heavy atom. The van der Waals surface area contributed by atoms with Gasteiger partial charge in [-0.15, -0.1) is 0 Å². The molecule has 1 saturated carbocycles. The number of hydrogen-bond acceptors (Lipinski definition) is 3. The number of likely N-dealkylation sites (tertiary alicyclic amines) is 1. The predicted octanol–water partition coefficient (Wildman–Crippen LogP) is 1.22. The number of piperidine rings is 1. The van der Waals surface area contributed by atoms with Gasteiger partial charge >= 0.3 is 6.03 Å². The third kappa shape index (κ3) is 3.37. The number of aliphatic hydroxyl groups is 1. The molecule has 2 heterocycles. The molecular weight excluding hydrogens is 268 g/mol. The summed E-state index contributed by atoms with van der Waals surface area (Å²) in [6, 6.07) is -0.0341. The number of urea groups is 1. The van der Waals surface area contributed by atoms with Crippen molar-refractivity contribution in [1.82, 2.24) is 19.8 Å². The average Bonchev–Trinajstić information content (AvgIpc) is 3.09. The molecule has 1 aliphatic carbocycles. The summed E-state index contributed by atoms with van der Waals surface area (Å²) in [7, 11) is 0. The van der Waals surface area contributed by atoms with E-state index in [4.69, 9.17) is 0 Å². The van der Waals surface area contributed by atoms with Gasteiger partial charge in [0.2, 0.25) is 0 Å². The van der Waals surface area contributed by atoms with E-state index in [0.717, 1.165) is 45.2 Å². The lowest BCUT2D eigenvalue weighted by atomic mass is 10.0. The number of imidazole rings is 1. The summed E-state index contributed by atoms with van der Waals surface area (Å²) in [6.45, 7) is 2.44. The number of carbonyl (C=O) groups excluding carboxylic acids is 1. The Morgan fingerprint density at radius 1 is 1.43 bits per heavy atom. The lowest BCUT2D eigenvalue weighted by molar-refractivity contribution is 0.107. The van der Waals surface area contributed by atoms with E-state index >= 15 is 0 Å². The van der Waals surface area contributed by atoms with Crippen LogP contribution in [0.1, 0.15) is 32.1 Å². The number of aromatic nitrogens is 2. The van der Waals surface area contributed by atoms with Crippen molar-refractivity contribution in [2.45, 2.75) is 44.7 Å². The minimum atomic E-state index is -0.0225. The quantitative estimate of drug-likeness (QED) is 0.857. The molecular formula is C15H24N4O2. The van der Waals surface area contributed by atoms with E-state index in [2.05, 4.69) is 14.9 Å². The molecule has 1 aromatic rings. The van der Waals surface area contributed by atoms with E-state index in [-0.39, 0.29) is 24.1 Å². The molecule has 3 rings (SSSR count). The van der Waals surface area contributed by atoms with Gasteiger partial charge in [-0.3, -0.25) is 0 Å². The molecule has 1 aliphatic heterocycles. The van der Waals surface area contributed by atoms with Crippen LogP contribution in [0.5, 0.6) is 0 Å². The fourth-order valence-corrected chi connectivity index (χ4v) is 3.16. The molecule has 1 saturated heterocycles. The van der Waals surface area contributed by atoms with Gasteiger partial charge < -0.3 is 19.9 Å². The standard InChI is InChI=1S/C15H24N4O2/c20-9-13-3-1-2-7-19(13)14(21)17-10-15(4-5-15)11-18-8-6-16-12-18/h6,8,12-13,20H,1-5,7,9-11H2,(H,17,21). The molecule has 1 atom stereocenters. The van der Waals surface area contributed by atoms with Crippen LogP contribution in [0.2, 0.25) is 0 Å². The van der Waals surface area contributed by atoms with Gasteiger partial charge in [0, 0.05) is 37.4 Å². The molecule has 1 aromatic heterocycles. The van der Waals surface area contributed by atoms with E-state index in [0.29, 0.717) is 6.54 Å². The van der Waals surface area contributed by atoms with Gasteiger partial charge in [-0.1, -0.05) is 0 Å². The Morgan fingerprint density at radius 3 is 2.95 bits per heavy atom. The fourth-order valence-electron chi connectivity index (χ4n) is 3.16. The van der Waals surface area contributed by atoms with Gasteiger partial charge in [0.15, 0.2) is 0 Å². The molecule has 2 amide bonds. The van der Waals surface area contributed by atoms with Gasteiger partial charge in [0.25, 0.3) is 0 Å². The molecule has 2 fully saturated rings. The van der Waals surface area contributed by atoms with Crippen molar-refractivity contribution < 1.29 is 9.90 Å². The minimum Gasteiger partial charge on any atom is -0.394 e. The molecule has 0 radical (unpaired) electrons. The Balaban J connectivity index is 1.51. The van der Waals surface area contributed by atoms with Crippen molar-refractivity contribution in [3.05, 3.63) is 18.7 Å². The monoisotopic (exact) mass is 292 g/mol. The minimum absolute atomic E-state index is 0.0115. The number of nitrogens with zero attached hydrogens (tertiary/aromatic N) is 3. The van der Waals surface area contributed by atoms with Crippen molar-refractivity contribution in [3.8, 4) is 0 Å². The number of rotatable bonds is 5. The highest BCUT2D eigenvalue weighted by Crippen LogP contribution is 2.46. The Labute approximate surface area is 125 Å². The topological polar surface area (TPSA) is 70.4 Å². The first kappa shape index (κ1) is 14.4.